The maximum atomic E-state index is 11.8. The van der Waals surface area contributed by atoms with Crippen LogP contribution in [0.3, 0.4) is 0 Å². The van der Waals surface area contributed by atoms with E-state index >= 15 is 0 Å². The summed E-state index contributed by atoms with van der Waals surface area (Å²) in [6, 6.07) is 6.22. The van der Waals surface area contributed by atoms with E-state index < -0.39 is 16.5 Å². The van der Waals surface area contributed by atoms with E-state index in [4.69, 9.17) is 4.74 Å². The van der Waals surface area contributed by atoms with Gasteiger partial charge in [0.1, 0.15) is 5.60 Å². The van der Waals surface area contributed by atoms with E-state index in [1.807, 2.05) is 6.92 Å². The Morgan fingerprint density at radius 1 is 1.40 bits per heavy atom. The van der Waals surface area contributed by atoms with Gasteiger partial charge < -0.3 is 4.74 Å². The molecule has 0 unspecified atom stereocenters. The Hall–Kier alpha value is -2.17. The Morgan fingerprint density at radius 3 is 2.55 bits per heavy atom. The monoisotopic (exact) mass is 277 g/mol. The van der Waals surface area contributed by atoms with E-state index in [-0.39, 0.29) is 5.69 Å². The Labute approximate surface area is 118 Å². The minimum Gasteiger partial charge on any atom is -0.457 e. The predicted molar refractivity (Wildman–Crippen MR) is 77.2 cm³/mol. The fourth-order valence-electron chi connectivity index (χ4n) is 1.68. The van der Waals surface area contributed by atoms with Gasteiger partial charge in [0.05, 0.1) is 4.92 Å². The molecule has 0 aromatic heterocycles. The fraction of sp³-hybridized carbons (Fsp3) is 0.400. The molecule has 1 rings (SSSR count). The second-order valence-electron chi connectivity index (χ2n) is 5.36. The average molecular weight is 277 g/mol. The molecule has 0 aliphatic rings. The summed E-state index contributed by atoms with van der Waals surface area (Å²) in [5, 5.41) is 10.8. The highest BCUT2D eigenvalue weighted by Crippen LogP contribution is 2.23. The van der Waals surface area contributed by atoms with Crippen molar-refractivity contribution < 1.29 is 14.5 Å². The van der Waals surface area contributed by atoms with Crippen LogP contribution in [0.4, 0.5) is 5.69 Å². The lowest BCUT2D eigenvalue weighted by atomic mass is 10.0. The lowest BCUT2D eigenvalue weighted by molar-refractivity contribution is -0.384. The zero-order valence-electron chi connectivity index (χ0n) is 12.2. The zero-order valence-corrected chi connectivity index (χ0v) is 12.2. The van der Waals surface area contributed by atoms with Crippen LogP contribution in [0.15, 0.2) is 30.3 Å². The highest BCUT2D eigenvalue weighted by atomic mass is 16.6. The predicted octanol–water partition coefficient (Wildman–Crippen LogP) is 3.73. The first-order valence-electron chi connectivity index (χ1n) is 6.41. The molecule has 5 heteroatoms. The minimum absolute atomic E-state index is 0.00559. The number of non-ortho nitro benzene ring substituents is 1. The Balaban J connectivity index is 3.04. The number of rotatable bonds is 4. The summed E-state index contributed by atoms with van der Waals surface area (Å²) in [6.45, 7) is 7.25. The number of hydrogen-bond donors (Lipinski definition) is 0. The maximum Gasteiger partial charge on any atom is 0.331 e. The van der Waals surface area contributed by atoms with Crippen molar-refractivity contribution in [3.05, 3.63) is 46.0 Å². The van der Waals surface area contributed by atoms with Crippen LogP contribution in [-0.4, -0.2) is 16.5 Å². The molecule has 0 fully saturated rings. The molecule has 1 aromatic rings. The normalized spacial score (nSPS) is 12.1. The smallest absolute Gasteiger partial charge is 0.331 e. The van der Waals surface area contributed by atoms with E-state index in [9.17, 15) is 14.9 Å². The van der Waals surface area contributed by atoms with Crippen LogP contribution >= 0.6 is 0 Å². The molecule has 108 valence electrons. The number of nitro benzene ring substituents is 1. The summed E-state index contributed by atoms with van der Waals surface area (Å²) in [6.07, 6.45) is 1.98. The molecule has 0 amide bonds. The van der Waals surface area contributed by atoms with Gasteiger partial charge in [0.25, 0.3) is 5.69 Å². The van der Waals surface area contributed by atoms with Gasteiger partial charge in [-0.1, -0.05) is 19.1 Å². The number of ether oxygens (including phenoxy) is 1. The van der Waals surface area contributed by atoms with Gasteiger partial charge in [0.15, 0.2) is 0 Å². The number of allylic oxidation sites excluding steroid dienone is 1. The number of benzene rings is 1. The summed E-state index contributed by atoms with van der Waals surface area (Å²) in [5.41, 5.74) is 0.816. The quantitative estimate of drug-likeness (QED) is 0.364. The molecule has 0 saturated carbocycles. The van der Waals surface area contributed by atoms with Crippen molar-refractivity contribution >= 4 is 17.2 Å². The number of esters is 1. The summed E-state index contributed by atoms with van der Waals surface area (Å²) < 4.78 is 5.22. The summed E-state index contributed by atoms with van der Waals surface area (Å²) in [4.78, 5) is 22.1. The van der Waals surface area contributed by atoms with E-state index in [1.54, 1.807) is 32.9 Å². The molecular weight excluding hydrogens is 258 g/mol. The molecule has 0 spiro atoms. The van der Waals surface area contributed by atoms with Crippen LogP contribution in [0.2, 0.25) is 0 Å². The SMILES string of the molecule is CC/C(=C\C(=O)OC(C)(C)C)c1cccc([N+](=O)[O-])c1. The summed E-state index contributed by atoms with van der Waals surface area (Å²) in [7, 11) is 0. The number of carbonyl (C=O) groups is 1. The largest absolute Gasteiger partial charge is 0.457 e. The number of hydrogen-bond acceptors (Lipinski definition) is 4. The number of nitrogens with zero attached hydrogens (tertiary/aromatic N) is 1. The van der Waals surface area contributed by atoms with Gasteiger partial charge in [-0.2, -0.15) is 0 Å². The molecule has 0 aliphatic heterocycles. The Morgan fingerprint density at radius 2 is 2.05 bits per heavy atom. The van der Waals surface area contributed by atoms with Crippen molar-refractivity contribution in [1.82, 2.24) is 0 Å². The maximum absolute atomic E-state index is 11.8. The second-order valence-corrected chi connectivity index (χ2v) is 5.36. The van der Waals surface area contributed by atoms with Gasteiger partial charge in [-0.15, -0.1) is 0 Å². The first-order chi connectivity index (χ1) is 9.23. The first-order valence-corrected chi connectivity index (χ1v) is 6.41. The molecule has 1 aromatic carbocycles. The molecule has 5 nitrogen and oxygen atoms in total. The molecule has 0 aliphatic carbocycles. The van der Waals surface area contributed by atoms with Crippen LogP contribution in [0, 0.1) is 10.1 Å². The highest BCUT2D eigenvalue weighted by Gasteiger charge is 2.16. The highest BCUT2D eigenvalue weighted by molar-refractivity contribution is 5.91. The van der Waals surface area contributed by atoms with Crippen molar-refractivity contribution in [2.45, 2.75) is 39.7 Å². The Bertz CT molecular complexity index is 541. The number of nitro groups is 1. The third kappa shape index (κ3) is 4.84. The van der Waals surface area contributed by atoms with Crippen LogP contribution in [-0.2, 0) is 9.53 Å². The van der Waals surface area contributed by atoms with Crippen LogP contribution in [0.1, 0.15) is 39.7 Å². The number of carbonyl (C=O) groups excluding carboxylic acids is 1. The van der Waals surface area contributed by atoms with Crippen LogP contribution in [0.5, 0.6) is 0 Å². The van der Waals surface area contributed by atoms with Crippen molar-refractivity contribution in [3.63, 3.8) is 0 Å². The van der Waals surface area contributed by atoms with Gasteiger partial charge in [-0.25, -0.2) is 4.79 Å². The van der Waals surface area contributed by atoms with E-state index in [1.165, 1.54) is 18.2 Å². The van der Waals surface area contributed by atoms with Gasteiger partial charge in [-0.3, -0.25) is 10.1 Å². The molecule has 0 heterocycles. The van der Waals surface area contributed by atoms with E-state index in [2.05, 4.69) is 0 Å². The Kier molecular flexibility index (Phi) is 5.02. The molecular formula is C15H19NO4. The molecule has 20 heavy (non-hydrogen) atoms. The molecule has 0 bridgehead atoms. The van der Waals surface area contributed by atoms with Crippen molar-refractivity contribution in [2.75, 3.05) is 0 Å². The third-order valence-corrected chi connectivity index (χ3v) is 2.51. The van der Waals surface area contributed by atoms with Crippen LogP contribution < -0.4 is 0 Å². The molecule has 0 N–H and O–H groups in total. The van der Waals surface area contributed by atoms with Crippen molar-refractivity contribution in [3.8, 4) is 0 Å². The van der Waals surface area contributed by atoms with Gasteiger partial charge in [0, 0.05) is 18.2 Å². The standard InChI is InChI=1S/C15H19NO4/c1-5-11(10-14(17)20-15(2,3)4)12-7-6-8-13(9-12)16(18)19/h6-10H,5H2,1-4H3/b11-10+. The van der Waals surface area contributed by atoms with Crippen molar-refractivity contribution in [1.29, 1.82) is 0 Å². The van der Waals surface area contributed by atoms with Gasteiger partial charge in [0.2, 0.25) is 0 Å². The van der Waals surface area contributed by atoms with Gasteiger partial charge >= 0.3 is 5.97 Å². The molecule has 0 atom stereocenters. The third-order valence-electron chi connectivity index (χ3n) is 2.51. The van der Waals surface area contributed by atoms with Crippen molar-refractivity contribution in [2.24, 2.45) is 0 Å². The molecule has 0 saturated heterocycles. The molecule has 0 radical (unpaired) electrons. The first kappa shape index (κ1) is 15.9. The average Bonchev–Trinajstić information content (AvgIpc) is 2.34. The minimum atomic E-state index is -0.560. The second kappa shape index (κ2) is 6.32. The fourth-order valence-corrected chi connectivity index (χ4v) is 1.68. The van der Waals surface area contributed by atoms with Crippen LogP contribution in [0.25, 0.3) is 5.57 Å². The topological polar surface area (TPSA) is 69.4 Å². The zero-order chi connectivity index (χ0) is 15.3. The van der Waals surface area contributed by atoms with E-state index in [0.717, 1.165) is 0 Å². The lowest BCUT2D eigenvalue weighted by Crippen LogP contribution is -2.22. The summed E-state index contributed by atoms with van der Waals surface area (Å²) in [5.74, 6) is -0.444. The van der Waals surface area contributed by atoms with E-state index in [0.29, 0.717) is 17.6 Å². The van der Waals surface area contributed by atoms with Gasteiger partial charge in [-0.05, 0) is 38.3 Å². The lowest BCUT2D eigenvalue weighted by Gasteiger charge is -2.18. The summed E-state index contributed by atoms with van der Waals surface area (Å²) >= 11 is 0.